The minimum absolute atomic E-state index is 0.556. The van der Waals surface area contributed by atoms with Crippen molar-refractivity contribution in [2.75, 3.05) is 33.7 Å². The molecule has 21 heavy (non-hydrogen) atoms. The predicted octanol–water partition coefficient (Wildman–Crippen LogP) is 3.73. The highest BCUT2D eigenvalue weighted by Crippen LogP contribution is 2.15. The second-order valence-corrected chi connectivity index (χ2v) is 6.74. The first-order valence-corrected chi connectivity index (χ1v) is 9.17. The van der Waals surface area contributed by atoms with E-state index in [0.717, 1.165) is 19.6 Å². The van der Waals surface area contributed by atoms with Gasteiger partial charge in [0.05, 0.1) is 0 Å². The van der Waals surface area contributed by atoms with Crippen LogP contribution in [0, 0.1) is 0 Å². The summed E-state index contributed by atoms with van der Waals surface area (Å²) in [6.45, 7) is 9.88. The molecule has 3 nitrogen and oxygen atoms in total. The van der Waals surface area contributed by atoms with Gasteiger partial charge in [0.2, 0.25) is 0 Å². The Morgan fingerprint density at radius 3 is 1.95 bits per heavy atom. The van der Waals surface area contributed by atoms with Crippen molar-refractivity contribution in [3.8, 4) is 0 Å². The third-order valence-electron chi connectivity index (χ3n) is 4.44. The molecule has 0 aliphatic heterocycles. The van der Waals surface area contributed by atoms with Gasteiger partial charge in [0.15, 0.2) is 0 Å². The molecule has 0 aliphatic rings. The molecule has 0 bridgehead atoms. The molecule has 0 fully saturated rings. The van der Waals surface area contributed by atoms with Crippen LogP contribution in [0.15, 0.2) is 0 Å². The lowest BCUT2D eigenvalue weighted by Crippen LogP contribution is -2.49. The molecule has 0 aromatic heterocycles. The van der Waals surface area contributed by atoms with E-state index in [1.807, 2.05) is 0 Å². The molecule has 128 valence electrons. The van der Waals surface area contributed by atoms with Crippen molar-refractivity contribution in [3.63, 3.8) is 0 Å². The van der Waals surface area contributed by atoms with Gasteiger partial charge in [0.1, 0.15) is 0 Å². The molecule has 0 saturated heterocycles. The maximum absolute atomic E-state index is 6.04. The first-order chi connectivity index (χ1) is 10.1. The van der Waals surface area contributed by atoms with Gasteiger partial charge in [-0.2, -0.15) is 0 Å². The molecule has 0 aromatic rings. The molecule has 0 saturated carbocycles. The molecule has 2 unspecified atom stereocenters. The normalized spacial score (nSPS) is 14.9. The average molecular weight is 300 g/mol. The monoisotopic (exact) mass is 299 g/mol. The van der Waals surface area contributed by atoms with E-state index in [2.05, 4.69) is 44.7 Å². The maximum Gasteiger partial charge on any atom is 0.0221 e. The number of unbranched alkanes of at least 4 members (excludes halogenated alkanes) is 6. The summed E-state index contributed by atoms with van der Waals surface area (Å²) in [5.41, 5.74) is 6.04. The number of hydrogen-bond acceptors (Lipinski definition) is 3. The molecule has 0 radical (unpaired) electrons. The van der Waals surface area contributed by atoms with Gasteiger partial charge in [-0.05, 0) is 34.0 Å². The van der Waals surface area contributed by atoms with E-state index in [-0.39, 0.29) is 0 Å². The predicted molar refractivity (Wildman–Crippen MR) is 95.8 cm³/mol. The second-order valence-electron chi connectivity index (χ2n) is 6.74. The van der Waals surface area contributed by atoms with Crippen molar-refractivity contribution in [1.82, 2.24) is 9.80 Å². The standard InChI is InChI=1S/C18H41N3/c1-6-8-9-10-11-12-13-14-18(15-19)21(7-2)17(3)16-20(4)5/h17-18H,6-16,19H2,1-5H3. The SMILES string of the molecule is CCCCCCCCCC(CN)N(CC)C(C)CN(C)C. The van der Waals surface area contributed by atoms with Gasteiger partial charge in [0, 0.05) is 25.2 Å². The van der Waals surface area contributed by atoms with Crippen LogP contribution in [0.1, 0.15) is 72.1 Å². The minimum Gasteiger partial charge on any atom is -0.329 e. The summed E-state index contributed by atoms with van der Waals surface area (Å²) >= 11 is 0. The van der Waals surface area contributed by atoms with Crippen molar-refractivity contribution in [2.24, 2.45) is 5.73 Å². The molecular weight excluding hydrogens is 258 g/mol. The first kappa shape index (κ1) is 20.9. The van der Waals surface area contributed by atoms with Crippen LogP contribution in [0.4, 0.5) is 0 Å². The smallest absolute Gasteiger partial charge is 0.0221 e. The fraction of sp³-hybridized carbons (Fsp3) is 1.00. The van der Waals surface area contributed by atoms with Gasteiger partial charge < -0.3 is 10.6 Å². The highest BCUT2D eigenvalue weighted by Gasteiger charge is 2.20. The fourth-order valence-corrected chi connectivity index (χ4v) is 3.32. The summed E-state index contributed by atoms with van der Waals surface area (Å²) in [5.74, 6) is 0. The summed E-state index contributed by atoms with van der Waals surface area (Å²) in [6.07, 6.45) is 10.9. The van der Waals surface area contributed by atoms with E-state index in [0.29, 0.717) is 12.1 Å². The average Bonchev–Trinajstić information content (AvgIpc) is 2.44. The zero-order valence-electron chi connectivity index (χ0n) is 15.4. The molecule has 2 N–H and O–H groups in total. The van der Waals surface area contributed by atoms with Gasteiger partial charge in [-0.25, -0.2) is 0 Å². The van der Waals surface area contributed by atoms with Gasteiger partial charge >= 0.3 is 0 Å². The Hall–Kier alpha value is -0.120. The second kappa shape index (κ2) is 13.5. The van der Waals surface area contributed by atoms with E-state index in [1.54, 1.807) is 0 Å². The zero-order valence-corrected chi connectivity index (χ0v) is 15.4. The Kier molecular flexibility index (Phi) is 13.5. The van der Waals surface area contributed by atoms with Crippen LogP contribution in [-0.2, 0) is 0 Å². The summed E-state index contributed by atoms with van der Waals surface area (Å²) in [7, 11) is 4.30. The highest BCUT2D eigenvalue weighted by atomic mass is 15.2. The largest absolute Gasteiger partial charge is 0.329 e. The van der Waals surface area contributed by atoms with Crippen molar-refractivity contribution < 1.29 is 0 Å². The van der Waals surface area contributed by atoms with Gasteiger partial charge in [-0.3, -0.25) is 4.90 Å². The van der Waals surface area contributed by atoms with Crippen LogP contribution in [0.25, 0.3) is 0 Å². The van der Waals surface area contributed by atoms with Crippen LogP contribution >= 0.6 is 0 Å². The minimum atomic E-state index is 0.556. The van der Waals surface area contributed by atoms with Crippen LogP contribution in [0.3, 0.4) is 0 Å². The maximum atomic E-state index is 6.04. The van der Waals surface area contributed by atoms with E-state index in [4.69, 9.17) is 5.73 Å². The Morgan fingerprint density at radius 1 is 0.905 bits per heavy atom. The van der Waals surface area contributed by atoms with Crippen LogP contribution in [-0.4, -0.2) is 55.6 Å². The lowest BCUT2D eigenvalue weighted by atomic mass is 10.0. The summed E-state index contributed by atoms with van der Waals surface area (Å²) in [6, 6.07) is 1.14. The Morgan fingerprint density at radius 2 is 1.48 bits per heavy atom. The van der Waals surface area contributed by atoms with Gasteiger partial charge in [-0.1, -0.05) is 58.8 Å². The van der Waals surface area contributed by atoms with E-state index < -0.39 is 0 Å². The number of hydrogen-bond donors (Lipinski definition) is 1. The van der Waals surface area contributed by atoms with Crippen molar-refractivity contribution in [1.29, 1.82) is 0 Å². The summed E-state index contributed by atoms with van der Waals surface area (Å²) < 4.78 is 0. The van der Waals surface area contributed by atoms with Crippen molar-refractivity contribution in [2.45, 2.75) is 84.2 Å². The van der Waals surface area contributed by atoms with E-state index >= 15 is 0 Å². The molecule has 0 spiro atoms. The number of nitrogens with two attached hydrogens (primary N) is 1. The lowest BCUT2D eigenvalue weighted by molar-refractivity contribution is 0.123. The molecule has 0 rings (SSSR count). The summed E-state index contributed by atoms with van der Waals surface area (Å²) in [5, 5.41) is 0. The molecule has 0 amide bonds. The Bertz CT molecular complexity index is 219. The van der Waals surface area contributed by atoms with Crippen LogP contribution < -0.4 is 5.73 Å². The number of likely N-dealkylation sites (N-methyl/N-ethyl adjacent to an activating group) is 2. The number of nitrogens with zero attached hydrogens (tertiary/aromatic N) is 2. The quantitative estimate of drug-likeness (QED) is 0.496. The van der Waals surface area contributed by atoms with Crippen LogP contribution in [0.5, 0.6) is 0 Å². The number of rotatable bonds is 14. The molecular formula is C18H41N3. The van der Waals surface area contributed by atoms with Crippen molar-refractivity contribution in [3.05, 3.63) is 0 Å². The molecule has 2 atom stereocenters. The molecule has 0 aliphatic carbocycles. The topological polar surface area (TPSA) is 32.5 Å². The van der Waals surface area contributed by atoms with Crippen molar-refractivity contribution >= 4 is 0 Å². The Balaban J connectivity index is 3.99. The van der Waals surface area contributed by atoms with Gasteiger partial charge in [-0.15, -0.1) is 0 Å². The third kappa shape index (κ3) is 10.3. The first-order valence-electron chi connectivity index (χ1n) is 9.17. The highest BCUT2D eigenvalue weighted by molar-refractivity contribution is 4.78. The molecule has 0 aromatic carbocycles. The fourth-order valence-electron chi connectivity index (χ4n) is 3.32. The summed E-state index contributed by atoms with van der Waals surface area (Å²) in [4.78, 5) is 4.87. The lowest BCUT2D eigenvalue weighted by Gasteiger charge is -2.36. The van der Waals surface area contributed by atoms with E-state index in [1.165, 1.54) is 51.4 Å². The third-order valence-corrected chi connectivity index (χ3v) is 4.44. The molecule has 0 heterocycles. The van der Waals surface area contributed by atoms with E-state index in [9.17, 15) is 0 Å². The van der Waals surface area contributed by atoms with Gasteiger partial charge in [0.25, 0.3) is 0 Å². The molecule has 3 heteroatoms. The Labute approximate surface area is 134 Å². The zero-order chi connectivity index (χ0) is 16.1. The van der Waals surface area contributed by atoms with Crippen LogP contribution in [0.2, 0.25) is 0 Å².